The van der Waals surface area contributed by atoms with Gasteiger partial charge in [0, 0.05) is 12.1 Å². The molecule has 0 aliphatic carbocycles. The van der Waals surface area contributed by atoms with E-state index in [9.17, 15) is 0 Å². The molecule has 20 heavy (non-hydrogen) atoms. The maximum atomic E-state index is 5.87. The number of nitrogens with zero attached hydrogens (tertiary/aromatic N) is 1. The van der Waals surface area contributed by atoms with Crippen LogP contribution in [-0.2, 0) is 13.0 Å². The molecule has 5 nitrogen and oxygen atoms in total. The second-order valence-electron chi connectivity index (χ2n) is 4.85. The van der Waals surface area contributed by atoms with E-state index in [1.54, 1.807) is 7.11 Å². The Labute approximate surface area is 118 Å². The van der Waals surface area contributed by atoms with Crippen LogP contribution in [0.15, 0.2) is 28.8 Å². The highest BCUT2D eigenvalue weighted by Gasteiger charge is 2.13. The lowest BCUT2D eigenvalue weighted by atomic mass is 10.1. The summed E-state index contributed by atoms with van der Waals surface area (Å²) in [7, 11) is 1.62. The van der Waals surface area contributed by atoms with Crippen LogP contribution < -0.4 is 15.2 Å². The minimum Gasteiger partial charge on any atom is -0.493 e. The van der Waals surface area contributed by atoms with Gasteiger partial charge in [0.2, 0.25) is 0 Å². The van der Waals surface area contributed by atoms with E-state index in [1.807, 2.05) is 38.1 Å². The Balaban J connectivity index is 2.19. The second-order valence-corrected chi connectivity index (χ2v) is 4.85. The number of ether oxygens (including phenoxy) is 2. The zero-order valence-electron chi connectivity index (χ0n) is 12.1. The van der Waals surface area contributed by atoms with Crippen molar-refractivity contribution in [2.24, 2.45) is 5.73 Å². The van der Waals surface area contributed by atoms with Crippen molar-refractivity contribution < 1.29 is 14.0 Å². The number of nitrogens with two attached hydrogens (primary N) is 1. The van der Waals surface area contributed by atoms with Crippen LogP contribution in [0, 0.1) is 6.92 Å². The Morgan fingerprint density at radius 1 is 1.40 bits per heavy atom. The Hall–Kier alpha value is -2.01. The average molecular weight is 276 g/mol. The smallest absolute Gasteiger partial charge is 0.164 e. The molecule has 5 heteroatoms. The van der Waals surface area contributed by atoms with E-state index in [0.29, 0.717) is 18.1 Å². The Kier molecular flexibility index (Phi) is 4.63. The molecule has 1 aromatic carbocycles. The first-order valence-corrected chi connectivity index (χ1v) is 6.56. The third-order valence-electron chi connectivity index (χ3n) is 2.86. The fourth-order valence-electron chi connectivity index (χ4n) is 2.03. The van der Waals surface area contributed by atoms with Gasteiger partial charge >= 0.3 is 0 Å². The van der Waals surface area contributed by atoms with E-state index < -0.39 is 0 Å². The van der Waals surface area contributed by atoms with Gasteiger partial charge in [-0.25, -0.2) is 0 Å². The number of methoxy groups -OCH3 is 1. The van der Waals surface area contributed by atoms with Crippen LogP contribution in [0.1, 0.15) is 23.9 Å². The highest BCUT2D eigenvalue weighted by Crippen LogP contribution is 2.32. The van der Waals surface area contributed by atoms with Gasteiger partial charge in [-0.1, -0.05) is 17.3 Å². The molecular formula is C15H20N2O3. The van der Waals surface area contributed by atoms with Crippen molar-refractivity contribution in [2.45, 2.75) is 32.9 Å². The molecule has 1 aromatic heterocycles. The van der Waals surface area contributed by atoms with Gasteiger partial charge in [0.05, 0.1) is 7.11 Å². The standard InChI is InChI=1S/C15H20N2O3/c1-10(16)7-12-5-4-6-14(18-3)15(12)19-9-13-8-11(2)20-17-13/h4-6,8,10H,7,9,16H2,1-3H3. The first kappa shape index (κ1) is 14.4. The molecule has 0 bridgehead atoms. The van der Waals surface area contributed by atoms with E-state index in [2.05, 4.69) is 5.16 Å². The largest absolute Gasteiger partial charge is 0.493 e. The summed E-state index contributed by atoms with van der Waals surface area (Å²) in [5, 5.41) is 3.91. The molecule has 0 saturated carbocycles. The zero-order valence-corrected chi connectivity index (χ0v) is 12.1. The van der Waals surface area contributed by atoms with Crippen LogP contribution in [0.2, 0.25) is 0 Å². The summed E-state index contributed by atoms with van der Waals surface area (Å²) < 4.78 is 16.2. The van der Waals surface area contributed by atoms with Gasteiger partial charge in [-0.05, 0) is 31.9 Å². The molecule has 2 N–H and O–H groups in total. The normalized spacial score (nSPS) is 12.2. The zero-order chi connectivity index (χ0) is 14.5. The molecule has 0 aliphatic rings. The third kappa shape index (κ3) is 3.51. The number of para-hydroxylation sites is 1. The maximum Gasteiger partial charge on any atom is 0.164 e. The third-order valence-corrected chi connectivity index (χ3v) is 2.86. The number of hydrogen-bond acceptors (Lipinski definition) is 5. The van der Waals surface area contributed by atoms with Crippen molar-refractivity contribution in [3.8, 4) is 11.5 Å². The SMILES string of the molecule is COc1cccc(CC(C)N)c1OCc1cc(C)on1. The minimum absolute atomic E-state index is 0.0544. The molecule has 2 rings (SSSR count). The van der Waals surface area contributed by atoms with Gasteiger partial charge in [0.25, 0.3) is 0 Å². The molecule has 0 spiro atoms. The topological polar surface area (TPSA) is 70.5 Å². The summed E-state index contributed by atoms with van der Waals surface area (Å²) in [5.74, 6) is 2.18. The quantitative estimate of drug-likeness (QED) is 0.877. The molecule has 108 valence electrons. The van der Waals surface area contributed by atoms with Crippen molar-refractivity contribution >= 4 is 0 Å². The van der Waals surface area contributed by atoms with Crippen LogP contribution in [0.3, 0.4) is 0 Å². The molecular weight excluding hydrogens is 256 g/mol. The molecule has 1 heterocycles. The van der Waals surface area contributed by atoms with Gasteiger partial charge in [-0.15, -0.1) is 0 Å². The van der Waals surface area contributed by atoms with Crippen molar-refractivity contribution in [3.05, 3.63) is 41.3 Å². The molecule has 0 fully saturated rings. The molecule has 0 radical (unpaired) electrons. The van der Waals surface area contributed by atoms with Gasteiger partial charge in [0.15, 0.2) is 11.5 Å². The van der Waals surface area contributed by atoms with Gasteiger partial charge in [-0.3, -0.25) is 0 Å². The van der Waals surface area contributed by atoms with E-state index in [4.69, 9.17) is 19.7 Å². The van der Waals surface area contributed by atoms with E-state index in [0.717, 1.165) is 23.4 Å². The molecule has 0 amide bonds. The van der Waals surface area contributed by atoms with E-state index in [1.165, 1.54) is 0 Å². The number of benzene rings is 1. The van der Waals surface area contributed by atoms with Crippen LogP contribution in [0.4, 0.5) is 0 Å². The van der Waals surface area contributed by atoms with Crippen LogP contribution in [0.5, 0.6) is 11.5 Å². The highest BCUT2D eigenvalue weighted by molar-refractivity contribution is 5.47. The van der Waals surface area contributed by atoms with Crippen LogP contribution in [0.25, 0.3) is 0 Å². The Morgan fingerprint density at radius 2 is 2.20 bits per heavy atom. The van der Waals surface area contributed by atoms with E-state index >= 15 is 0 Å². The summed E-state index contributed by atoms with van der Waals surface area (Å²) in [5.41, 5.74) is 7.65. The lowest BCUT2D eigenvalue weighted by Crippen LogP contribution is -2.18. The van der Waals surface area contributed by atoms with Crippen molar-refractivity contribution in [1.82, 2.24) is 5.16 Å². The molecule has 0 saturated heterocycles. The lowest BCUT2D eigenvalue weighted by molar-refractivity contribution is 0.268. The predicted molar refractivity (Wildman–Crippen MR) is 75.9 cm³/mol. The number of aromatic nitrogens is 1. The summed E-state index contributed by atoms with van der Waals surface area (Å²) in [6, 6.07) is 7.70. The van der Waals surface area contributed by atoms with E-state index in [-0.39, 0.29) is 6.04 Å². The number of hydrogen-bond donors (Lipinski definition) is 1. The summed E-state index contributed by atoms with van der Waals surface area (Å²) in [4.78, 5) is 0. The van der Waals surface area contributed by atoms with Crippen LogP contribution >= 0.6 is 0 Å². The van der Waals surface area contributed by atoms with Crippen molar-refractivity contribution in [1.29, 1.82) is 0 Å². The highest BCUT2D eigenvalue weighted by atomic mass is 16.5. The maximum absolute atomic E-state index is 5.87. The molecule has 2 aromatic rings. The first-order valence-electron chi connectivity index (χ1n) is 6.56. The summed E-state index contributed by atoms with van der Waals surface area (Å²) in [6.45, 7) is 4.15. The fraction of sp³-hybridized carbons (Fsp3) is 0.400. The van der Waals surface area contributed by atoms with Crippen LogP contribution in [-0.4, -0.2) is 18.3 Å². The van der Waals surface area contributed by atoms with Gasteiger partial charge in [-0.2, -0.15) is 0 Å². The Bertz CT molecular complexity index is 564. The van der Waals surface area contributed by atoms with Crippen molar-refractivity contribution in [3.63, 3.8) is 0 Å². The monoisotopic (exact) mass is 276 g/mol. The number of rotatable bonds is 6. The van der Waals surface area contributed by atoms with Crippen molar-refractivity contribution in [2.75, 3.05) is 7.11 Å². The lowest BCUT2D eigenvalue weighted by Gasteiger charge is -2.15. The summed E-state index contributed by atoms with van der Waals surface area (Å²) >= 11 is 0. The number of aryl methyl sites for hydroxylation is 1. The first-order chi connectivity index (χ1) is 9.60. The molecule has 1 unspecified atom stereocenters. The predicted octanol–water partition coefficient (Wildman–Crippen LogP) is 2.46. The van der Waals surface area contributed by atoms with Gasteiger partial charge in [0.1, 0.15) is 18.1 Å². The Morgan fingerprint density at radius 3 is 2.80 bits per heavy atom. The summed E-state index contributed by atoms with van der Waals surface area (Å²) in [6.07, 6.45) is 0.727. The fourth-order valence-corrected chi connectivity index (χ4v) is 2.03. The molecule has 0 aliphatic heterocycles. The second kappa shape index (κ2) is 6.43. The van der Waals surface area contributed by atoms with Gasteiger partial charge < -0.3 is 19.7 Å². The minimum atomic E-state index is 0.0544. The molecule has 1 atom stereocenters. The average Bonchev–Trinajstić information content (AvgIpc) is 2.82.